The van der Waals surface area contributed by atoms with E-state index in [0.29, 0.717) is 23.7 Å². The van der Waals surface area contributed by atoms with Crippen molar-refractivity contribution in [1.82, 2.24) is 24.2 Å². The largest absolute Gasteiger partial charge is 0.336 e. The average Bonchev–Trinajstić information content (AvgIpc) is 3.02. The minimum absolute atomic E-state index is 0.0803. The lowest BCUT2D eigenvalue weighted by Crippen LogP contribution is -2.48. The molecule has 1 saturated heterocycles. The summed E-state index contributed by atoms with van der Waals surface area (Å²) in [6.07, 6.45) is 3.83. The number of hydrogen-bond acceptors (Lipinski definition) is 4. The molecule has 1 fully saturated rings. The van der Waals surface area contributed by atoms with Crippen LogP contribution in [0.25, 0.3) is 5.65 Å². The van der Waals surface area contributed by atoms with Gasteiger partial charge in [-0.05, 0) is 24.3 Å². The number of rotatable bonds is 3. The Morgan fingerprint density at radius 1 is 0.963 bits per heavy atom. The Labute approximate surface area is 171 Å². The summed E-state index contributed by atoms with van der Waals surface area (Å²) in [5.74, 6) is -0.0803. The van der Waals surface area contributed by atoms with Crippen LogP contribution in [-0.4, -0.2) is 56.3 Å². The molecule has 0 saturated carbocycles. The predicted molar refractivity (Wildman–Crippen MR) is 106 cm³/mol. The Morgan fingerprint density at radius 2 is 1.67 bits per heavy atom. The van der Waals surface area contributed by atoms with E-state index in [1.54, 1.807) is 12.1 Å². The van der Waals surface area contributed by atoms with Gasteiger partial charge in [0.1, 0.15) is 16.0 Å². The maximum absolute atomic E-state index is 12.7. The third-order valence-electron chi connectivity index (χ3n) is 4.52. The first kappa shape index (κ1) is 18.5. The van der Waals surface area contributed by atoms with E-state index in [1.165, 1.54) is 0 Å². The lowest BCUT2D eigenvalue weighted by molar-refractivity contribution is 0.0627. The van der Waals surface area contributed by atoms with Crippen molar-refractivity contribution in [2.45, 2.75) is 6.54 Å². The van der Waals surface area contributed by atoms with Crippen molar-refractivity contribution in [1.29, 1.82) is 0 Å². The number of nitrogens with zero attached hydrogens (tertiary/aromatic N) is 5. The normalized spacial score (nSPS) is 15.4. The van der Waals surface area contributed by atoms with Crippen LogP contribution in [0.1, 0.15) is 16.1 Å². The molecular weight excluding hydrogens is 409 g/mol. The number of pyridine rings is 2. The van der Waals surface area contributed by atoms with Crippen LogP contribution in [0.5, 0.6) is 0 Å². The maximum Gasteiger partial charge on any atom is 0.254 e. The number of halogens is 3. The highest BCUT2D eigenvalue weighted by molar-refractivity contribution is 6.33. The number of piperazine rings is 1. The summed E-state index contributed by atoms with van der Waals surface area (Å²) in [4.78, 5) is 25.2. The number of carbonyl (C=O) groups is 1. The van der Waals surface area contributed by atoms with Gasteiger partial charge >= 0.3 is 0 Å². The second-order valence-corrected chi connectivity index (χ2v) is 7.63. The molecule has 9 heteroatoms. The summed E-state index contributed by atoms with van der Waals surface area (Å²) in [6.45, 7) is 3.54. The van der Waals surface area contributed by atoms with Crippen LogP contribution in [0.4, 0.5) is 0 Å². The number of aromatic nitrogens is 3. The van der Waals surface area contributed by atoms with Gasteiger partial charge in [0.2, 0.25) is 0 Å². The zero-order chi connectivity index (χ0) is 19.0. The van der Waals surface area contributed by atoms with Crippen molar-refractivity contribution >= 4 is 46.4 Å². The van der Waals surface area contributed by atoms with E-state index in [0.717, 1.165) is 31.0 Å². The Balaban J connectivity index is 1.38. The van der Waals surface area contributed by atoms with Gasteiger partial charge in [-0.15, -0.1) is 0 Å². The van der Waals surface area contributed by atoms with Crippen molar-refractivity contribution in [3.8, 4) is 0 Å². The molecule has 0 N–H and O–H groups in total. The molecule has 0 unspecified atom stereocenters. The van der Waals surface area contributed by atoms with Crippen molar-refractivity contribution in [2.75, 3.05) is 26.2 Å². The fourth-order valence-electron chi connectivity index (χ4n) is 3.20. The topological polar surface area (TPSA) is 53.7 Å². The van der Waals surface area contributed by atoms with Crippen LogP contribution in [-0.2, 0) is 6.54 Å². The molecule has 0 atom stereocenters. The van der Waals surface area contributed by atoms with E-state index in [-0.39, 0.29) is 16.2 Å². The highest BCUT2D eigenvalue weighted by atomic mass is 35.5. The molecule has 0 aromatic carbocycles. The SMILES string of the molecule is O=C(c1cc(Cl)nc(Cl)c1)N1CCN(Cc2cn3cc(Cl)ccc3n2)CC1. The summed E-state index contributed by atoms with van der Waals surface area (Å²) < 4.78 is 1.92. The molecule has 4 rings (SSSR count). The highest BCUT2D eigenvalue weighted by Gasteiger charge is 2.23. The third kappa shape index (κ3) is 4.19. The monoisotopic (exact) mass is 423 g/mol. The van der Waals surface area contributed by atoms with E-state index in [2.05, 4.69) is 14.9 Å². The number of imidazole rings is 1. The fourth-order valence-corrected chi connectivity index (χ4v) is 3.83. The van der Waals surface area contributed by atoms with Gasteiger partial charge in [0, 0.05) is 50.7 Å². The Morgan fingerprint density at radius 3 is 2.37 bits per heavy atom. The zero-order valence-electron chi connectivity index (χ0n) is 14.3. The maximum atomic E-state index is 12.7. The summed E-state index contributed by atoms with van der Waals surface area (Å²) in [5.41, 5.74) is 2.31. The van der Waals surface area contributed by atoms with Crippen LogP contribution < -0.4 is 0 Å². The molecule has 6 nitrogen and oxygen atoms in total. The average molecular weight is 425 g/mol. The summed E-state index contributed by atoms with van der Waals surface area (Å²) >= 11 is 17.8. The van der Waals surface area contributed by atoms with E-state index >= 15 is 0 Å². The van der Waals surface area contributed by atoms with Crippen LogP contribution in [0, 0.1) is 0 Å². The molecule has 0 radical (unpaired) electrons. The number of carbonyl (C=O) groups excluding carboxylic acids is 1. The first-order valence-corrected chi connectivity index (χ1v) is 9.59. The van der Waals surface area contributed by atoms with E-state index in [1.807, 2.05) is 33.8 Å². The molecule has 27 heavy (non-hydrogen) atoms. The van der Waals surface area contributed by atoms with Gasteiger partial charge in [0.15, 0.2) is 0 Å². The number of amides is 1. The van der Waals surface area contributed by atoms with Gasteiger partial charge < -0.3 is 9.30 Å². The summed E-state index contributed by atoms with van der Waals surface area (Å²) in [5, 5.41) is 1.11. The fraction of sp³-hybridized carbons (Fsp3) is 0.278. The van der Waals surface area contributed by atoms with Gasteiger partial charge in [-0.3, -0.25) is 9.69 Å². The van der Waals surface area contributed by atoms with Crippen molar-refractivity contribution in [2.24, 2.45) is 0 Å². The number of hydrogen-bond donors (Lipinski definition) is 0. The molecular formula is C18H16Cl3N5O. The smallest absolute Gasteiger partial charge is 0.254 e. The first-order valence-electron chi connectivity index (χ1n) is 8.46. The van der Waals surface area contributed by atoms with Crippen molar-refractivity contribution in [3.63, 3.8) is 0 Å². The molecule has 1 aliphatic heterocycles. The van der Waals surface area contributed by atoms with Gasteiger partial charge in [-0.2, -0.15) is 0 Å². The lowest BCUT2D eigenvalue weighted by Gasteiger charge is -2.34. The van der Waals surface area contributed by atoms with E-state index < -0.39 is 0 Å². The van der Waals surface area contributed by atoms with Gasteiger partial charge in [-0.25, -0.2) is 9.97 Å². The molecule has 0 aliphatic carbocycles. The predicted octanol–water partition coefficient (Wildman–Crippen LogP) is 3.65. The van der Waals surface area contributed by atoms with Gasteiger partial charge in [0.25, 0.3) is 5.91 Å². The zero-order valence-corrected chi connectivity index (χ0v) is 16.5. The molecule has 1 aliphatic rings. The van der Waals surface area contributed by atoms with Crippen LogP contribution >= 0.6 is 34.8 Å². The number of fused-ring (bicyclic) bond motifs is 1. The first-order chi connectivity index (χ1) is 13.0. The minimum Gasteiger partial charge on any atom is -0.336 e. The standard InChI is InChI=1S/C18H16Cl3N5O/c19-13-1-2-17-22-14(11-26(17)9-13)10-24-3-5-25(6-4-24)18(27)12-7-15(20)23-16(21)8-12/h1-2,7-9,11H,3-6,10H2. The lowest BCUT2D eigenvalue weighted by atomic mass is 10.2. The Hall–Kier alpha value is -1.86. The van der Waals surface area contributed by atoms with Gasteiger partial charge in [-0.1, -0.05) is 34.8 Å². The van der Waals surface area contributed by atoms with E-state index in [4.69, 9.17) is 34.8 Å². The van der Waals surface area contributed by atoms with E-state index in [9.17, 15) is 4.79 Å². The quantitative estimate of drug-likeness (QED) is 0.602. The summed E-state index contributed by atoms with van der Waals surface area (Å²) in [7, 11) is 0. The third-order valence-corrected chi connectivity index (χ3v) is 5.13. The molecule has 0 spiro atoms. The highest BCUT2D eigenvalue weighted by Crippen LogP contribution is 2.18. The summed E-state index contributed by atoms with van der Waals surface area (Å²) in [6, 6.07) is 6.82. The van der Waals surface area contributed by atoms with Crippen LogP contribution in [0.2, 0.25) is 15.3 Å². The van der Waals surface area contributed by atoms with Crippen molar-refractivity contribution < 1.29 is 4.79 Å². The van der Waals surface area contributed by atoms with Crippen LogP contribution in [0.3, 0.4) is 0 Å². The van der Waals surface area contributed by atoms with Crippen molar-refractivity contribution in [3.05, 3.63) is 63.2 Å². The molecule has 3 aromatic heterocycles. The molecule has 4 heterocycles. The Bertz CT molecular complexity index is 978. The second-order valence-electron chi connectivity index (χ2n) is 6.41. The second kappa shape index (κ2) is 7.64. The minimum atomic E-state index is -0.0803. The molecule has 0 bridgehead atoms. The molecule has 140 valence electrons. The molecule has 3 aromatic rings. The van der Waals surface area contributed by atoms with Gasteiger partial charge in [0.05, 0.1) is 10.7 Å². The molecule has 1 amide bonds. The Kier molecular flexibility index (Phi) is 5.23. The van der Waals surface area contributed by atoms with Crippen LogP contribution in [0.15, 0.2) is 36.7 Å².